The molecule has 1 aromatic heterocycles. The molecule has 0 aliphatic heterocycles. The predicted octanol–water partition coefficient (Wildman–Crippen LogP) is 3.43. The highest BCUT2D eigenvalue weighted by Gasteiger charge is 2.24. The minimum absolute atomic E-state index is 0.0810. The number of esters is 1. The molecule has 1 saturated carbocycles. The second kappa shape index (κ2) is 8.32. The molecule has 0 aromatic carbocycles. The van der Waals surface area contributed by atoms with Crippen molar-refractivity contribution in [3.63, 3.8) is 0 Å². The number of hydrogen-bond acceptors (Lipinski definition) is 4. The third-order valence-corrected chi connectivity index (χ3v) is 4.57. The van der Waals surface area contributed by atoms with Gasteiger partial charge in [0.15, 0.2) is 5.69 Å². The summed E-state index contributed by atoms with van der Waals surface area (Å²) in [6, 6.07) is 0. The van der Waals surface area contributed by atoms with Crippen molar-refractivity contribution in [1.29, 1.82) is 0 Å². The van der Waals surface area contributed by atoms with Crippen LogP contribution >= 0.6 is 11.6 Å². The molecular weight excluding hydrogens is 304 g/mol. The van der Waals surface area contributed by atoms with Gasteiger partial charge >= 0.3 is 5.97 Å². The zero-order valence-electron chi connectivity index (χ0n) is 13.0. The first kappa shape index (κ1) is 17.0. The molecular formula is C16H23ClN2O3. The van der Waals surface area contributed by atoms with Gasteiger partial charge in [0, 0.05) is 18.5 Å². The normalized spacial score (nSPS) is 16.3. The smallest absolute Gasteiger partial charge is 0.359 e. The molecule has 122 valence electrons. The Bertz CT molecular complexity index is 520. The van der Waals surface area contributed by atoms with Crippen molar-refractivity contribution < 1.29 is 14.3 Å². The summed E-state index contributed by atoms with van der Waals surface area (Å²) in [6.45, 7) is 2.71. The first-order chi connectivity index (χ1) is 10.7. The number of carbonyl (C=O) groups excluding carboxylic acids is 2. The van der Waals surface area contributed by atoms with Gasteiger partial charge in [-0.15, -0.1) is 0 Å². The Morgan fingerprint density at radius 2 is 2.05 bits per heavy atom. The Kier molecular flexibility index (Phi) is 6.43. The minimum Gasteiger partial charge on any atom is -0.461 e. The topological polar surface area (TPSA) is 61.2 Å². The third-order valence-electron chi connectivity index (χ3n) is 4.14. The number of carbonyl (C=O) groups is 2. The zero-order valence-corrected chi connectivity index (χ0v) is 13.8. The zero-order chi connectivity index (χ0) is 15.9. The van der Waals surface area contributed by atoms with Crippen molar-refractivity contribution in [2.24, 2.45) is 5.92 Å². The van der Waals surface area contributed by atoms with Crippen LogP contribution in [0.25, 0.3) is 0 Å². The number of aldehydes is 1. The quantitative estimate of drug-likeness (QED) is 0.456. The minimum atomic E-state index is -0.513. The fourth-order valence-corrected chi connectivity index (χ4v) is 3.29. The van der Waals surface area contributed by atoms with E-state index in [1.807, 2.05) is 0 Å². The summed E-state index contributed by atoms with van der Waals surface area (Å²) in [6.07, 6.45) is 8.17. The average molecular weight is 327 g/mol. The molecule has 0 atom stereocenters. The molecule has 1 aliphatic rings. The van der Waals surface area contributed by atoms with Crippen LogP contribution in [-0.2, 0) is 22.5 Å². The third kappa shape index (κ3) is 4.09. The fraction of sp³-hybridized carbons (Fsp3) is 0.688. The van der Waals surface area contributed by atoms with Crippen molar-refractivity contribution in [2.75, 3.05) is 6.61 Å². The predicted molar refractivity (Wildman–Crippen MR) is 84.2 cm³/mol. The largest absolute Gasteiger partial charge is 0.461 e. The van der Waals surface area contributed by atoms with Gasteiger partial charge in [0.1, 0.15) is 11.4 Å². The number of aromatic nitrogens is 2. The lowest BCUT2D eigenvalue weighted by Gasteiger charge is -2.14. The second-order valence-corrected chi connectivity index (χ2v) is 6.11. The lowest BCUT2D eigenvalue weighted by Crippen LogP contribution is -2.13. The van der Waals surface area contributed by atoms with E-state index in [0.717, 1.165) is 19.1 Å². The Morgan fingerprint density at radius 1 is 1.36 bits per heavy atom. The summed E-state index contributed by atoms with van der Waals surface area (Å²) in [4.78, 5) is 22.8. The van der Waals surface area contributed by atoms with E-state index in [1.54, 1.807) is 11.6 Å². The van der Waals surface area contributed by atoms with E-state index in [2.05, 4.69) is 5.10 Å². The van der Waals surface area contributed by atoms with Crippen molar-refractivity contribution in [3.8, 4) is 0 Å². The fourth-order valence-electron chi connectivity index (χ4n) is 3.02. The Balaban J connectivity index is 2.21. The highest BCUT2D eigenvalue weighted by molar-refractivity contribution is 6.31. The van der Waals surface area contributed by atoms with Crippen LogP contribution in [0.2, 0.25) is 5.15 Å². The maximum Gasteiger partial charge on any atom is 0.359 e. The summed E-state index contributed by atoms with van der Waals surface area (Å²) >= 11 is 6.35. The SMILES string of the molecule is CCOC(=O)c1nn(CC2CCCCCC2)c(Cl)c1CC=O. The molecule has 0 bridgehead atoms. The van der Waals surface area contributed by atoms with Crippen LogP contribution in [0.15, 0.2) is 0 Å². The van der Waals surface area contributed by atoms with Gasteiger partial charge in [-0.2, -0.15) is 5.10 Å². The molecule has 1 heterocycles. The van der Waals surface area contributed by atoms with E-state index >= 15 is 0 Å². The van der Waals surface area contributed by atoms with Gasteiger partial charge in [-0.05, 0) is 25.7 Å². The Morgan fingerprint density at radius 3 is 2.64 bits per heavy atom. The number of halogens is 1. The number of nitrogens with zero attached hydrogens (tertiary/aromatic N) is 2. The number of ether oxygens (including phenoxy) is 1. The number of hydrogen-bond donors (Lipinski definition) is 0. The molecule has 5 nitrogen and oxygen atoms in total. The van der Waals surface area contributed by atoms with Crippen LogP contribution in [0.5, 0.6) is 0 Å². The molecule has 0 saturated heterocycles. The van der Waals surface area contributed by atoms with E-state index in [9.17, 15) is 9.59 Å². The Hall–Kier alpha value is -1.36. The molecule has 0 unspecified atom stereocenters. The molecule has 0 spiro atoms. The van der Waals surface area contributed by atoms with Crippen LogP contribution in [-0.4, -0.2) is 28.6 Å². The highest BCUT2D eigenvalue weighted by atomic mass is 35.5. The average Bonchev–Trinajstić information content (AvgIpc) is 2.69. The van der Waals surface area contributed by atoms with E-state index in [0.29, 0.717) is 23.2 Å². The second-order valence-electron chi connectivity index (χ2n) is 5.75. The molecule has 22 heavy (non-hydrogen) atoms. The molecule has 6 heteroatoms. The van der Waals surface area contributed by atoms with Crippen molar-refractivity contribution in [3.05, 3.63) is 16.4 Å². The maximum atomic E-state index is 12.0. The van der Waals surface area contributed by atoms with E-state index in [4.69, 9.17) is 16.3 Å². The van der Waals surface area contributed by atoms with Gasteiger partial charge in [0.25, 0.3) is 0 Å². The van der Waals surface area contributed by atoms with Gasteiger partial charge in [-0.1, -0.05) is 37.3 Å². The summed E-state index contributed by atoms with van der Waals surface area (Å²) in [5.74, 6) is 0.0138. The molecule has 0 radical (unpaired) electrons. The molecule has 1 aromatic rings. The maximum absolute atomic E-state index is 12.0. The summed E-state index contributed by atoms with van der Waals surface area (Å²) in [7, 11) is 0. The van der Waals surface area contributed by atoms with Crippen molar-refractivity contribution in [1.82, 2.24) is 9.78 Å². The van der Waals surface area contributed by atoms with Gasteiger partial charge in [0.05, 0.1) is 6.61 Å². The van der Waals surface area contributed by atoms with E-state index in [-0.39, 0.29) is 18.7 Å². The molecule has 2 rings (SSSR count). The molecule has 1 aliphatic carbocycles. The first-order valence-electron chi connectivity index (χ1n) is 8.03. The lowest BCUT2D eigenvalue weighted by atomic mass is 10.0. The monoisotopic (exact) mass is 326 g/mol. The first-order valence-corrected chi connectivity index (χ1v) is 8.41. The van der Waals surface area contributed by atoms with E-state index < -0.39 is 5.97 Å². The molecule has 1 fully saturated rings. The number of rotatable bonds is 6. The van der Waals surface area contributed by atoms with Gasteiger partial charge in [0.2, 0.25) is 0 Å². The van der Waals surface area contributed by atoms with Gasteiger partial charge in [-0.25, -0.2) is 4.79 Å². The van der Waals surface area contributed by atoms with Crippen LogP contribution in [0, 0.1) is 5.92 Å². The molecule has 0 amide bonds. The summed E-state index contributed by atoms with van der Waals surface area (Å²) in [5, 5.41) is 4.71. The lowest BCUT2D eigenvalue weighted by molar-refractivity contribution is -0.107. The van der Waals surface area contributed by atoms with Crippen molar-refractivity contribution >= 4 is 23.9 Å². The summed E-state index contributed by atoms with van der Waals surface area (Å²) < 4.78 is 6.67. The van der Waals surface area contributed by atoms with Crippen molar-refractivity contribution in [2.45, 2.75) is 58.4 Å². The highest BCUT2D eigenvalue weighted by Crippen LogP contribution is 2.27. The van der Waals surface area contributed by atoms with Crippen LogP contribution in [0.4, 0.5) is 0 Å². The van der Waals surface area contributed by atoms with Crippen LogP contribution in [0.3, 0.4) is 0 Å². The van der Waals surface area contributed by atoms with Gasteiger partial charge < -0.3 is 9.53 Å². The standard InChI is InChI=1S/C16H23ClN2O3/c1-2-22-16(21)14-13(9-10-20)15(17)19(18-14)11-12-7-5-3-4-6-8-12/h10,12H,2-9,11H2,1H3. The van der Waals surface area contributed by atoms with Crippen LogP contribution in [0.1, 0.15) is 61.5 Å². The summed E-state index contributed by atoms with van der Waals surface area (Å²) in [5.41, 5.74) is 0.649. The van der Waals surface area contributed by atoms with Crippen LogP contribution < -0.4 is 0 Å². The van der Waals surface area contributed by atoms with Gasteiger partial charge in [-0.3, -0.25) is 4.68 Å². The molecule has 0 N–H and O–H groups in total. The Labute approximate surface area is 136 Å². The van der Waals surface area contributed by atoms with E-state index in [1.165, 1.54) is 25.7 Å².